The minimum atomic E-state index is -4.70. The molecule has 15 nitrogen and oxygen atoms in total. The number of nitrogens with one attached hydrogen (secondary N) is 2. The molecule has 6 aromatic rings. The summed E-state index contributed by atoms with van der Waals surface area (Å²) in [4.78, 5) is 56.5. The fraction of sp³-hybridized carbons (Fsp3) is 0.388. The monoisotopic (exact) mass is 972 g/mol. The SMILES string of the molecule is O=C(Nc1ccc2nc(N3CCC(N4CCCC4)CC3)ncc2c1)C(Oc1ccc(C(F)(F)F)cc1)C(Oc1ccc(C(F)(F)F)cc1)C(=O)Nc1ccc2nc(N3CCN(CCO)CC3)ncc2c1. The van der Waals surface area contributed by atoms with Crippen molar-refractivity contribution in [3.63, 3.8) is 0 Å². The largest absolute Gasteiger partial charge is 0.476 e. The molecule has 3 aliphatic heterocycles. The van der Waals surface area contributed by atoms with Crippen LogP contribution in [0, 0.1) is 0 Å². The van der Waals surface area contributed by atoms with Crippen LogP contribution in [0.15, 0.2) is 97.3 Å². The van der Waals surface area contributed by atoms with E-state index in [-0.39, 0.29) is 29.5 Å². The first-order valence-corrected chi connectivity index (χ1v) is 23.1. The normalized spacial score (nSPS) is 17.4. The van der Waals surface area contributed by atoms with Crippen LogP contribution in [-0.2, 0) is 21.9 Å². The van der Waals surface area contributed by atoms with Gasteiger partial charge in [0.15, 0.2) is 0 Å². The van der Waals surface area contributed by atoms with Gasteiger partial charge in [0.25, 0.3) is 11.8 Å². The average molecular weight is 973 g/mol. The molecule has 368 valence electrons. The predicted molar refractivity (Wildman–Crippen MR) is 250 cm³/mol. The number of likely N-dealkylation sites (tertiary alicyclic amines) is 1. The Morgan fingerprint density at radius 3 is 1.49 bits per heavy atom. The van der Waals surface area contributed by atoms with Crippen molar-refractivity contribution in [2.24, 2.45) is 0 Å². The van der Waals surface area contributed by atoms with Crippen molar-refractivity contribution in [1.29, 1.82) is 0 Å². The quantitative estimate of drug-likeness (QED) is 0.0937. The van der Waals surface area contributed by atoms with Gasteiger partial charge >= 0.3 is 12.4 Å². The number of hydrogen-bond donors (Lipinski definition) is 3. The number of piperazine rings is 1. The van der Waals surface area contributed by atoms with Gasteiger partial charge in [0, 0.05) is 86.4 Å². The number of benzene rings is 4. The zero-order valence-corrected chi connectivity index (χ0v) is 37.8. The lowest BCUT2D eigenvalue weighted by Crippen LogP contribution is -2.51. The molecule has 3 N–H and O–H groups in total. The van der Waals surface area contributed by atoms with E-state index in [1.165, 1.54) is 12.8 Å². The lowest BCUT2D eigenvalue weighted by Gasteiger charge is -2.36. The Hall–Kier alpha value is -6.84. The van der Waals surface area contributed by atoms with Gasteiger partial charge in [0.1, 0.15) is 11.5 Å². The minimum Gasteiger partial charge on any atom is -0.476 e. The number of β-amino-alcohol motifs (C(OH)–C–C–N with tert-alkyl or cyclic N) is 1. The molecule has 0 spiro atoms. The predicted octanol–water partition coefficient (Wildman–Crippen LogP) is 7.26. The van der Waals surface area contributed by atoms with E-state index >= 15 is 0 Å². The summed E-state index contributed by atoms with van der Waals surface area (Å²) in [5.41, 5.74) is -0.439. The summed E-state index contributed by atoms with van der Waals surface area (Å²) in [6, 6.07) is 17.1. The Labute approximate surface area is 398 Å². The van der Waals surface area contributed by atoms with Crippen molar-refractivity contribution in [3.8, 4) is 11.5 Å². The van der Waals surface area contributed by atoms with Gasteiger partial charge in [0.05, 0.1) is 28.8 Å². The molecule has 2 amide bonds. The van der Waals surface area contributed by atoms with Crippen molar-refractivity contribution < 1.29 is 50.5 Å². The van der Waals surface area contributed by atoms with Crippen LogP contribution in [-0.4, -0.2) is 130 Å². The zero-order chi connectivity index (χ0) is 49.0. The highest BCUT2D eigenvalue weighted by Crippen LogP contribution is 2.33. The van der Waals surface area contributed by atoms with Crippen LogP contribution in [0.25, 0.3) is 21.8 Å². The highest BCUT2D eigenvalue weighted by Gasteiger charge is 2.40. The molecule has 9 rings (SSSR count). The summed E-state index contributed by atoms with van der Waals surface area (Å²) in [7, 11) is 0. The lowest BCUT2D eigenvalue weighted by atomic mass is 10.0. The molecule has 0 bridgehead atoms. The second-order valence-electron chi connectivity index (χ2n) is 17.5. The smallest absolute Gasteiger partial charge is 0.416 e. The van der Waals surface area contributed by atoms with Crippen molar-refractivity contribution >= 4 is 56.9 Å². The molecule has 2 unspecified atom stereocenters. The molecule has 3 saturated heterocycles. The summed E-state index contributed by atoms with van der Waals surface area (Å²) in [5, 5.41) is 15.8. The van der Waals surface area contributed by atoms with E-state index in [1.807, 2.05) is 4.90 Å². The lowest BCUT2D eigenvalue weighted by molar-refractivity contribution is -0.138. The maximum atomic E-state index is 14.5. The number of amides is 2. The molecule has 21 heteroatoms. The molecule has 70 heavy (non-hydrogen) atoms. The molecule has 3 fully saturated rings. The van der Waals surface area contributed by atoms with Gasteiger partial charge in [-0.05, 0) is 124 Å². The number of fused-ring (bicyclic) bond motifs is 2. The van der Waals surface area contributed by atoms with Crippen LogP contribution in [0.3, 0.4) is 0 Å². The number of carbonyl (C=O) groups excluding carboxylic acids is 2. The van der Waals surface area contributed by atoms with E-state index < -0.39 is 47.5 Å². The van der Waals surface area contributed by atoms with Gasteiger partial charge in [-0.15, -0.1) is 0 Å². The number of aromatic nitrogens is 4. The van der Waals surface area contributed by atoms with Crippen molar-refractivity contribution in [2.75, 3.05) is 85.9 Å². The third-order valence-corrected chi connectivity index (χ3v) is 12.8. The van der Waals surface area contributed by atoms with Gasteiger partial charge < -0.3 is 39.9 Å². The molecule has 0 saturated carbocycles. The minimum absolute atomic E-state index is 0.0637. The first-order valence-electron chi connectivity index (χ1n) is 23.1. The van der Waals surface area contributed by atoms with Gasteiger partial charge in [-0.3, -0.25) is 14.5 Å². The van der Waals surface area contributed by atoms with E-state index in [9.17, 15) is 41.0 Å². The molecular formula is C49H50F6N10O5. The number of aliphatic hydroxyl groups is 1. The summed E-state index contributed by atoms with van der Waals surface area (Å²) in [5.74, 6) is -1.40. The maximum absolute atomic E-state index is 14.5. The zero-order valence-electron chi connectivity index (χ0n) is 37.8. The van der Waals surface area contributed by atoms with Gasteiger partial charge in [-0.25, -0.2) is 19.9 Å². The molecule has 2 aromatic heterocycles. The van der Waals surface area contributed by atoms with Gasteiger partial charge in [-0.2, -0.15) is 26.3 Å². The second-order valence-corrected chi connectivity index (χ2v) is 17.5. The third-order valence-electron chi connectivity index (χ3n) is 12.8. The van der Waals surface area contributed by atoms with E-state index in [0.717, 1.165) is 101 Å². The van der Waals surface area contributed by atoms with Gasteiger partial charge in [0.2, 0.25) is 24.1 Å². The van der Waals surface area contributed by atoms with E-state index in [2.05, 4.69) is 35.3 Å². The molecule has 0 radical (unpaired) electrons. The maximum Gasteiger partial charge on any atom is 0.416 e. The first kappa shape index (κ1) is 48.2. The Morgan fingerprint density at radius 1 is 0.614 bits per heavy atom. The second kappa shape index (κ2) is 20.6. The molecule has 0 aliphatic carbocycles. The average Bonchev–Trinajstić information content (AvgIpc) is 3.90. The van der Waals surface area contributed by atoms with Crippen molar-refractivity contribution in [3.05, 3.63) is 108 Å². The fourth-order valence-corrected chi connectivity index (χ4v) is 9.03. The van der Waals surface area contributed by atoms with Crippen LogP contribution >= 0.6 is 0 Å². The van der Waals surface area contributed by atoms with Crippen molar-refractivity contribution in [1.82, 2.24) is 29.7 Å². The van der Waals surface area contributed by atoms with Crippen LogP contribution in [0.5, 0.6) is 11.5 Å². The number of ether oxygens (including phenoxy) is 2. The van der Waals surface area contributed by atoms with Crippen molar-refractivity contribution in [2.45, 2.75) is 56.3 Å². The Kier molecular flexibility index (Phi) is 14.2. The Bertz CT molecular complexity index is 2780. The molecular weight excluding hydrogens is 923 g/mol. The van der Waals surface area contributed by atoms with Crippen LogP contribution in [0.1, 0.15) is 36.8 Å². The molecule has 4 aromatic carbocycles. The highest BCUT2D eigenvalue weighted by atomic mass is 19.4. The number of nitrogens with zero attached hydrogens (tertiary/aromatic N) is 8. The number of anilines is 4. The molecule has 3 aliphatic rings. The summed E-state index contributed by atoms with van der Waals surface area (Å²) in [6.07, 6.45) is -5.65. The molecule has 5 heterocycles. The number of hydrogen-bond acceptors (Lipinski definition) is 13. The van der Waals surface area contributed by atoms with E-state index in [4.69, 9.17) is 19.4 Å². The third kappa shape index (κ3) is 11.4. The van der Waals surface area contributed by atoms with Crippen LogP contribution < -0.4 is 29.9 Å². The van der Waals surface area contributed by atoms with E-state index in [1.54, 1.807) is 48.8 Å². The number of halogens is 6. The number of aliphatic hydroxyl groups excluding tert-OH is 1. The summed E-state index contributed by atoms with van der Waals surface area (Å²) in [6.45, 7) is 7.27. The van der Waals surface area contributed by atoms with Gasteiger partial charge in [-0.1, -0.05) is 0 Å². The molecule has 2 atom stereocenters. The number of piperidine rings is 1. The van der Waals surface area contributed by atoms with Crippen LogP contribution in [0.2, 0.25) is 0 Å². The number of carbonyl (C=O) groups is 2. The summed E-state index contributed by atoms with van der Waals surface area (Å²) < 4.78 is 93.6. The fourth-order valence-electron chi connectivity index (χ4n) is 9.03. The summed E-state index contributed by atoms with van der Waals surface area (Å²) >= 11 is 0. The highest BCUT2D eigenvalue weighted by molar-refractivity contribution is 6.04. The first-order chi connectivity index (χ1) is 33.7. The number of rotatable bonds is 14. The number of alkyl halides is 6. The topological polar surface area (TPSA) is 161 Å². The standard InChI is InChI=1S/C49H50F6N10O5/c50-48(51,52)33-3-9-38(10-4-33)69-42(44(67)58-35-7-13-40-31(27-35)29-56-46(60-40)64-19-15-37(16-20-64)63-17-1-2-18-63)43(70-39-11-5-34(6-12-39)49(53,54)55)45(68)59-36-8-14-41-32(28-36)30-57-47(61-41)65-23-21-62(22-24-65)25-26-66/h3-14,27-30,37,42-43,66H,1-2,15-26H2,(H,58,67)(H,59,68). The van der Waals surface area contributed by atoms with E-state index in [0.29, 0.717) is 59.4 Å². The Morgan fingerprint density at radius 2 is 1.06 bits per heavy atom. The van der Waals surface area contributed by atoms with Crippen LogP contribution in [0.4, 0.5) is 49.6 Å². The Balaban J connectivity index is 0.985.